The Balaban J connectivity index is 1.72. The Morgan fingerprint density at radius 3 is 2.75 bits per heavy atom. The molecule has 1 aromatic carbocycles. The summed E-state index contributed by atoms with van der Waals surface area (Å²) in [6.45, 7) is 2.77. The van der Waals surface area contributed by atoms with Gasteiger partial charge < -0.3 is 10.3 Å². The molecule has 0 aliphatic carbocycles. The van der Waals surface area contributed by atoms with Gasteiger partial charge in [-0.15, -0.1) is 11.3 Å². The first-order valence-corrected chi connectivity index (χ1v) is 7.11. The van der Waals surface area contributed by atoms with Crippen molar-refractivity contribution in [2.75, 3.05) is 5.32 Å². The first kappa shape index (κ1) is 12.7. The van der Waals surface area contributed by atoms with Crippen LogP contribution in [0.15, 0.2) is 47.0 Å². The van der Waals surface area contributed by atoms with Crippen molar-refractivity contribution in [3.63, 3.8) is 0 Å². The van der Waals surface area contributed by atoms with Crippen LogP contribution in [0.5, 0.6) is 0 Å². The minimum Gasteiger partial charge on any atom is -0.380 e. The lowest BCUT2D eigenvalue weighted by Gasteiger charge is -2.07. The molecule has 0 saturated heterocycles. The number of aromatic amines is 1. The van der Waals surface area contributed by atoms with Crippen LogP contribution in [0.1, 0.15) is 10.6 Å². The molecule has 0 atom stereocenters. The summed E-state index contributed by atoms with van der Waals surface area (Å²) >= 11 is 1.65. The van der Waals surface area contributed by atoms with E-state index < -0.39 is 0 Å². The van der Waals surface area contributed by atoms with E-state index in [1.54, 1.807) is 28.3 Å². The minimum absolute atomic E-state index is 0.133. The zero-order valence-corrected chi connectivity index (χ0v) is 11.8. The summed E-state index contributed by atoms with van der Waals surface area (Å²) in [6.07, 6.45) is 3.34. The van der Waals surface area contributed by atoms with E-state index in [1.807, 2.05) is 36.7 Å². The third-order valence-electron chi connectivity index (χ3n) is 3.09. The lowest BCUT2D eigenvalue weighted by Crippen LogP contribution is -2.13. The fourth-order valence-electron chi connectivity index (χ4n) is 1.94. The molecule has 0 unspecified atom stereocenters. The maximum absolute atomic E-state index is 11.5. The predicted octanol–water partition coefficient (Wildman–Crippen LogP) is 2.54. The number of thiazole rings is 1. The van der Waals surface area contributed by atoms with Crippen LogP contribution in [0.3, 0.4) is 0 Å². The van der Waals surface area contributed by atoms with Crippen LogP contribution in [0.4, 0.5) is 5.69 Å². The molecular weight excluding hydrogens is 272 g/mol. The molecule has 0 fully saturated rings. The number of nitrogens with one attached hydrogen (secondary N) is 2. The van der Waals surface area contributed by atoms with Crippen molar-refractivity contribution in [2.24, 2.45) is 0 Å². The molecule has 2 aromatic heterocycles. The third-order valence-corrected chi connectivity index (χ3v) is 4.03. The normalized spacial score (nSPS) is 10.7. The van der Waals surface area contributed by atoms with E-state index in [0.717, 1.165) is 23.6 Å². The first-order chi connectivity index (χ1) is 9.74. The van der Waals surface area contributed by atoms with E-state index in [0.29, 0.717) is 0 Å². The number of aromatic nitrogens is 3. The number of hydrogen-bond acceptors (Lipinski definition) is 4. The molecule has 20 heavy (non-hydrogen) atoms. The van der Waals surface area contributed by atoms with Crippen LogP contribution in [-0.4, -0.2) is 14.5 Å². The Morgan fingerprint density at radius 1 is 1.35 bits per heavy atom. The number of imidazole rings is 1. The van der Waals surface area contributed by atoms with Crippen molar-refractivity contribution < 1.29 is 0 Å². The van der Waals surface area contributed by atoms with Gasteiger partial charge in [0.05, 0.1) is 23.4 Å². The fraction of sp³-hybridized carbons (Fsp3) is 0.143. The highest BCUT2D eigenvalue weighted by atomic mass is 32.1. The second kappa shape index (κ2) is 5.34. The number of rotatable bonds is 4. The minimum atomic E-state index is -0.133. The molecule has 6 heteroatoms. The zero-order chi connectivity index (χ0) is 13.9. The topological polar surface area (TPSA) is 62.7 Å². The third kappa shape index (κ3) is 2.50. The van der Waals surface area contributed by atoms with Gasteiger partial charge >= 0.3 is 5.69 Å². The van der Waals surface area contributed by atoms with Gasteiger partial charge in [0.2, 0.25) is 0 Å². The van der Waals surface area contributed by atoms with Gasteiger partial charge in [0, 0.05) is 23.0 Å². The summed E-state index contributed by atoms with van der Waals surface area (Å²) in [5, 5.41) is 3.35. The molecule has 0 saturated carbocycles. The highest BCUT2D eigenvalue weighted by molar-refractivity contribution is 7.09. The second-order valence-electron chi connectivity index (χ2n) is 4.40. The Morgan fingerprint density at radius 2 is 2.15 bits per heavy atom. The monoisotopic (exact) mass is 286 g/mol. The molecule has 2 N–H and O–H groups in total. The number of aryl methyl sites for hydroxylation is 1. The summed E-state index contributed by atoms with van der Waals surface area (Å²) in [5.74, 6) is 0. The Labute approximate surface area is 119 Å². The predicted molar refractivity (Wildman–Crippen MR) is 80.6 cm³/mol. The van der Waals surface area contributed by atoms with Gasteiger partial charge in [-0.2, -0.15) is 0 Å². The molecule has 2 heterocycles. The highest BCUT2D eigenvalue weighted by Crippen LogP contribution is 2.16. The quantitative estimate of drug-likeness (QED) is 0.774. The summed E-state index contributed by atoms with van der Waals surface area (Å²) in [6, 6.07) is 7.75. The van der Waals surface area contributed by atoms with Crippen LogP contribution in [0, 0.1) is 6.92 Å². The molecule has 0 spiro atoms. The Kier molecular flexibility index (Phi) is 3.39. The summed E-state index contributed by atoms with van der Waals surface area (Å²) in [5.41, 5.74) is 4.65. The fourth-order valence-corrected chi connectivity index (χ4v) is 2.66. The molecule has 0 bridgehead atoms. The molecule has 0 amide bonds. The van der Waals surface area contributed by atoms with Crippen molar-refractivity contribution in [2.45, 2.75) is 13.5 Å². The number of nitrogens with zero attached hydrogens (tertiary/aromatic N) is 2. The van der Waals surface area contributed by atoms with Gasteiger partial charge in [0.15, 0.2) is 0 Å². The number of anilines is 1. The van der Waals surface area contributed by atoms with Crippen molar-refractivity contribution in [1.82, 2.24) is 14.5 Å². The van der Waals surface area contributed by atoms with Gasteiger partial charge in [-0.05, 0) is 31.2 Å². The number of H-pyrrole nitrogens is 1. The average Bonchev–Trinajstić information content (AvgIpc) is 3.06. The molecule has 5 nitrogen and oxygen atoms in total. The van der Waals surface area contributed by atoms with E-state index in [2.05, 4.69) is 15.3 Å². The van der Waals surface area contributed by atoms with Crippen molar-refractivity contribution >= 4 is 17.0 Å². The smallest absolute Gasteiger partial charge is 0.330 e. The summed E-state index contributed by atoms with van der Waals surface area (Å²) in [4.78, 5) is 19.6. The van der Waals surface area contributed by atoms with Crippen molar-refractivity contribution in [1.29, 1.82) is 0 Å². The molecule has 0 radical (unpaired) electrons. The van der Waals surface area contributed by atoms with Gasteiger partial charge in [-0.25, -0.2) is 9.78 Å². The van der Waals surface area contributed by atoms with Crippen molar-refractivity contribution in [3.05, 3.63) is 63.2 Å². The van der Waals surface area contributed by atoms with Crippen LogP contribution in [0.2, 0.25) is 0 Å². The zero-order valence-electron chi connectivity index (χ0n) is 11.0. The maximum atomic E-state index is 11.5. The van der Waals surface area contributed by atoms with E-state index in [4.69, 9.17) is 0 Å². The molecule has 0 aliphatic heterocycles. The van der Waals surface area contributed by atoms with E-state index in [9.17, 15) is 4.79 Å². The highest BCUT2D eigenvalue weighted by Gasteiger charge is 2.02. The number of benzene rings is 1. The van der Waals surface area contributed by atoms with Crippen LogP contribution in [0.25, 0.3) is 5.69 Å². The SMILES string of the molecule is Cc1ncsc1CNc1ccc(-n2cc[nH]c2=O)cc1. The molecule has 3 aromatic rings. The molecular formula is C14H14N4OS. The number of hydrogen-bond donors (Lipinski definition) is 2. The van der Waals surface area contributed by atoms with E-state index in [-0.39, 0.29) is 5.69 Å². The van der Waals surface area contributed by atoms with Crippen molar-refractivity contribution in [3.8, 4) is 5.69 Å². The van der Waals surface area contributed by atoms with Gasteiger partial charge in [-0.3, -0.25) is 4.57 Å². The standard InChI is InChI=1S/C14H14N4OS/c1-10-13(20-9-17-10)8-16-11-2-4-12(5-3-11)18-7-6-15-14(18)19/h2-7,9,16H,8H2,1H3,(H,15,19). The summed E-state index contributed by atoms with van der Waals surface area (Å²) in [7, 11) is 0. The van der Waals surface area contributed by atoms with Crippen LogP contribution < -0.4 is 11.0 Å². The van der Waals surface area contributed by atoms with Gasteiger partial charge in [0.1, 0.15) is 0 Å². The average molecular weight is 286 g/mol. The Bertz CT molecular complexity index is 754. The second-order valence-corrected chi connectivity index (χ2v) is 5.34. The molecule has 102 valence electrons. The maximum Gasteiger partial charge on any atom is 0.330 e. The van der Waals surface area contributed by atoms with Gasteiger partial charge in [0.25, 0.3) is 0 Å². The molecule has 0 aliphatic rings. The first-order valence-electron chi connectivity index (χ1n) is 6.23. The Hall–Kier alpha value is -2.34. The van der Waals surface area contributed by atoms with Crippen LogP contribution in [-0.2, 0) is 6.54 Å². The largest absolute Gasteiger partial charge is 0.380 e. The van der Waals surface area contributed by atoms with Gasteiger partial charge in [-0.1, -0.05) is 0 Å². The lowest BCUT2D eigenvalue weighted by atomic mass is 10.2. The lowest BCUT2D eigenvalue weighted by molar-refractivity contribution is 0.987. The molecule has 3 rings (SSSR count). The summed E-state index contributed by atoms with van der Waals surface area (Å²) < 4.78 is 1.57. The van der Waals surface area contributed by atoms with Crippen LogP contribution >= 0.6 is 11.3 Å². The van der Waals surface area contributed by atoms with E-state index in [1.165, 1.54) is 4.88 Å². The van der Waals surface area contributed by atoms with E-state index >= 15 is 0 Å².